The second-order valence-corrected chi connectivity index (χ2v) is 7.63. The number of anilines is 1. The molecule has 3 aromatic rings. The van der Waals surface area contributed by atoms with Crippen LogP contribution in [0.1, 0.15) is 32.1 Å². The number of nitrogens with zero attached hydrogens (tertiary/aromatic N) is 4. The van der Waals surface area contributed by atoms with Gasteiger partial charge in [-0.3, -0.25) is 9.69 Å². The lowest BCUT2D eigenvalue weighted by molar-refractivity contribution is 0.102. The maximum Gasteiger partial charge on any atom is 0.256 e. The number of benzene rings is 1. The molecule has 0 aliphatic carbocycles. The monoisotopic (exact) mass is 383 g/mol. The molecule has 2 aromatic heterocycles. The molecular weight excluding hydrogens is 366 g/mol. The number of amides is 1. The molecule has 132 valence electrons. The van der Waals surface area contributed by atoms with E-state index in [0.29, 0.717) is 16.1 Å². The Morgan fingerprint density at radius 2 is 2.04 bits per heavy atom. The third kappa shape index (κ3) is 4.32. The highest BCUT2D eigenvalue weighted by atomic mass is 32.1. The minimum atomic E-state index is -0.213. The molecule has 0 bridgehead atoms. The Bertz CT molecular complexity index is 939. The highest BCUT2D eigenvalue weighted by Gasteiger charge is 2.11. The van der Waals surface area contributed by atoms with Crippen molar-refractivity contribution in [2.24, 2.45) is 0 Å². The predicted molar refractivity (Wildman–Crippen MR) is 103 cm³/mol. The molecule has 2 heterocycles. The number of carbonyl (C=O) groups is 1. The van der Waals surface area contributed by atoms with Crippen molar-refractivity contribution in [3.63, 3.8) is 0 Å². The van der Waals surface area contributed by atoms with Gasteiger partial charge in [0.2, 0.25) is 0 Å². The van der Waals surface area contributed by atoms with E-state index in [1.54, 1.807) is 23.6 Å². The quantitative estimate of drug-likeness (QED) is 0.702. The molecule has 0 spiro atoms. The van der Waals surface area contributed by atoms with Crippen molar-refractivity contribution in [1.82, 2.24) is 14.5 Å². The van der Waals surface area contributed by atoms with Crippen LogP contribution in [0.3, 0.4) is 0 Å². The van der Waals surface area contributed by atoms with Gasteiger partial charge in [-0.1, -0.05) is 16.6 Å². The molecule has 8 heteroatoms. The van der Waals surface area contributed by atoms with E-state index in [9.17, 15) is 4.79 Å². The molecule has 0 radical (unpaired) electrons. The maximum atomic E-state index is 12.3. The Morgan fingerprint density at radius 3 is 2.69 bits per heavy atom. The summed E-state index contributed by atoms with van der Waals surface area (Å²) in [5.41, 5.74) is 3.14. The SMILES string of the molecule is Cc1nnsc1CN(C)Cc1ccc(C(=O)Nc2sccc2C#N)cc1. The molecule has 0 aliphatic rings. The first-order valence-corrected chi connectivity index (χ1v) is 9.56. The Balaban J connectivity index is 1.60. The summed E-state index contributed by atoms with van der Waals surface area (Å²) in [6.45, 7) is 3.52. The van der Waals surface area contributed by atoms with Gasteiger partial charge in [0, 0.05) is 18.7 Å². The van der Waals surface area contributed by atoms with E-state index in [1.165, 1.54) is 22.9 Å². The van der Waals surface area contributed by atoms with E-state index in [0.717, 1.165) is 29.2 Å². The van der Waals surface area contributed by atoms with Crippen LogP contribution in [-0.2, 0) is 13.1 Å². The van der Waals surface area contributed by atoms with Crippen LogP contribution in [0.4, 0.5) is 5.00 Å². The van der Waals surface area contributed by atoms with Crippen molar-refractivity contribution in [3.8, 4) is 6.07 Å². The second kappa shape index (κ2) is 8.19. The molecule has 26 heavy (non-hydrogen) atoms. The van der Waals surface area contributed by atoms with Crippen LogP contribution in [0.5, 0.6) is 0 Å². The van der Waals surface area contributed by atoms with E-state index < -0.39 is 0 Å². The van der Waals surface area contributed by atoms with Crippen molar-refractivity contribution >= 4 is 33.8 Å². The molecule has 0 atom stereocenters. The van der Waals surface area contributed by atoms with E-state index >= 15 is 0 Å². The largest absolute Gasteiger partial charge is 0.312 e. The Hall–Kier alpha value is -2.60. The van der Waals surface area contributed by atoms with E-state index in [-0.39, 0.29) is 5.91 Å². The van der Waals surface area contributed by atoms with Crippen LogP contribution in [-0.4, -0.2) is 27.4 Å². The van der Waals surface area contributed by atoms with Gasteiger partial charge in [-0.05, 0) is 54.6 Å². The van der Waals surface area contributed by atoms with Crippen molar-refractivity contribution in [3.05, 3.63) is 63.0 Å². The predicted octanol–water partition coefficient (Wildman–Crippen LogP) is 3.66. The molecule has 0 fully saturated rings. The summed E-state index contributed by atoms with van der Waals surface area (Å²) >= 11 is 2.76. The fraction of sp³-hybridized carbons (Fsp3) is 0.222. The topological polar surface area (TPSA) is 81.9 Å². The smallest absolute Gasteiger partial charge is 0.256 e. The standard InChI is InChI=1S/C18H17N5OS2/c1-12-16(26-22-21-12)11-23(2)10-13-3-5-14(6-4-13)17(24)20-18-15(9-19)7-8-25-18/h3-8H,10-11H2,1-2H3,(H,20,24). The van der Waals surface area contributed by atoms with Crippen molar-refractivity contribution in [1.29, 1.82) is 5.26 Å². The number of nitriles is 1. The highest BCUT2D eigenvalue weighted by Crippen LogP contribution is 2.23. The summed E-state index contributed by atoms with van der Waals surface area (Å²) in [5.74, 6) is -0.213. The van der Waals surface area contributed by atoms with Crippen molar-refractivity contribution in [2.45, 2.75) is 20.0 Å². The second-order valence-electron chi connectivity index (χ2n) is 5.88. The van der Waals surface area contributed by atoms with Gasteiger partial charge in [0.1, 0.15) is 11.1 Å². The summed E-state index contributed by atoms with van der Waals surface area (Å²) < 4.78 is 3.96. The zero-order chi connectivity index (χ0) is 18.5. The number of nitrogens with one attached hydrogen (secondary N) is 1. The summed E-state index contributed by atoms with van der Waals surface area (Å²) in [4.78, 5) is 15.7. The van der Waals surface area contributed by atoms with Gasteiger partial charge < -0.3 is 5.32 Å². The lowest BCUT2D eigenvalue weighted by atomic mass is 10.1. The number of hydrogen-bond donors (Lipinski definition) is 1. The molecule has 0 aliphatic heterocycles. The first-order valence-electron chi connectivity index (χ1n) is 7.91. The minimum absolute atomic E-state index is 0.213. The maximum absolute atomic E-state index is 12.3. The summed E-state index contributed by atoms with van der Waals surface area (Å²) in [7, 11) is 2.04. The number of aromatic nitrogens is 2. The molecule has 1 N–H and O–H groups in total. The van der Waals surface area contributed by atoms with Crippen LogP contribution in [0.2, 0.25) is 0 Å². The molecule has 6 nitrogen and oxygen atoms in total. The van der Waals surface area contributed by atoms with E-state index in [2.05, 4.69) is 25.9 Å². The summed E-state index contributed by atoms with van der Waals surface area (Å²) in [6.07, 6.45) is 0. The molecule has 0 saturated carbocycles. The van der Waals surface area contributed by atoms with Gasteiger partial charge in [-0.2, -0.15) is 5.26 Å². The normalized spacial score (nSPS) is 10.7. The highest BCUT2D eigenvalue weighted by molar-refractivity contribution is 7.14. The number of hydrogen-bond acceptors (Lipinski definition) is 7. The van der Waals surface area contributed by atoms with Crippen LogP contribution < -0.4 is 5.32 Å². The third-order valence-electron chi connectivity index (χ3n) is 3.84. The Labute approximate surface area is 159 Å². The number of rotatable bonds is 6. The number of aryl methyl sites for hydroxylation is 1. The zero-order valence-electron chi connectivity index (χ0n) is 14.4. The lowest BCUT2D eigenvalue weighted by Crippen LogP contribution is -2.17. The summed E-state index contributed by atoms with van der Waals surface area (Å²) in [6, 6.07) is 11.3. The van der Waals surface area contributed by atoms with Gasteiger partial charge >= 0.3 is 0 Å². The van der Waals surface area contributed by atoms with Crippen LogP contribution in [0.15, 0.2) is 35.7 Å². The zero-order valence-corrected chi connectivity index (χ0v) is 16.0. The average Bonchev–Trinajstić information content (AvgIpc) is 3.24. The first kappa shape index (κ1) is 18.2. The third-order valence-corrected chi connectivity index (χ3v) is 5.48. The molecule has 3 rings (SSSR count). The molecule has 1 aromatic carbocycles. The molecule has 1 amide bonds. The minimum Gasteiger partial charge on any atom is -0.312 e. The summed E-state index contributed by atoms with van der Waals surface area (Å²) in [5, 5.41) is 18.2. The van der Waals surface area contributed by atoms with Gasteiger partial charge in [-0.25, -0.2) is 0 Å². The number of carbonyl (C=O) groups excluding carboxylic acids is 1. The fourth-order valence-corrected chi connectivity index (χ4v) is 3.89. The van der Waals surface area contributed by atoms with Gasteiger partial charge in [-0.15, -0.1) is 16.4 Å². The fourth-order valence-electron chi connectivity index (χ4n) is 2.44. The molecule has 0 saturated heterocycles. The Morgan fingerprint density at radius 1 is 1.27 bits per heavy atom. The van der Waals surface area contributed by atoms with Crippen LogP contribution in [0, 0.1) is 18.3 Å². The van der Waals surface area contributed by atoms with E-state index in [1.807, 2.05) is 26.1 Å². The van der Waals surface area contributed by atoms with Gasteiger partial charge in [0.25, 0.3) is 5.91 Å². The van der Waals surface area contributed by atoms with Crippen molar-refractivity contribution in [2.75, 3.05) is 12.4 Å². The van der Waals surface area contributed by atoms with E-state index in [4.69, 9.17) is 5.26 Å². The molecule has 0 unspecified atom stereocenters. The molecular formula is C18H17N5OS2. The van der Waals surface area contributed by atoms with Gasteiger partial charge in [0.15, 0.2) is 0 Å². The number of thiophene rings is 1. The Kier molecular flexibility index (Phi) is 5.73. The van der Waals surface area contributed by atoms with Crippen LogP contribution in [0.25, 0.3) is 0 Å². The van der Waals surface area contributed by atoms with Gasteiger partial charge in [0.05, 0.1) is 16.1 Å². The van der Waals surface area contributed by atoms with Crippen LogP contribution >= 0.6 is 22.9 Å². The van der Waals surface area contributed by atoms with Crippen molar-refractivity contribution < 1.29 is 4.79 Å². The lowest BCUT2D eigenvalue weighted by Gasteiger charge is -2.16. The first-order chi connectivity index (χ1) is 12.6. The average molecular weight is 384 g/mol.